The molecule has 0 aromatic heterocycles. The first kappa shape index (κ1) is 20.2. The molecule has 2 rings (SSSR count). The summed E-state index contributed by atoms with van der Waals surface area (Å²) < 4.78 is 10.8. The zero-order valence-corrected chi connectivity index (χ0v) is 17.4. The van der Waals surface area contributed by atoms with Crippen LogP contribution in [-0.2, 0) is 20.9 Å². The monoisotopic (exact) mass is 376 g/mol. The van der Waals surface area contributed by atoms with E-state index in [2.05, 4.69) is 24.7 Å². The third-order valence-electron chi connectivity index (χ3n) is 3.94. The third-order valence-corrected chi connectivity index (χ3v) is 6.38. The summed E-state index contributed by atoms with van der Waals surface area (Å²) in [6, 6.07) is 9.47. The summed E-state index contributed by atoms with van der Waals surface area (Å²) in [5.41, 5.74) is 0.452. The molecule has 1 amide bonds. The highest BCUT2D eigenvalue weighted by Crippen LogP contribution is 2.27. The first-order valence-corrected chi connectivity index (χ1v) is 12.4. The van der Waals surface area contributed by atoms with Gasteiger partial charge in [-0.05, 0) is 26.3 Å². The highest BCUT2D eigenvalue weighted by atomic mass is 28.3. The average molecular weight is 377 g/mol. The summed E-state index contributed by atoms with van der Waals surface area (Å²) in [6.07, 6.45) is -0.120. The van der Waals surface area contributed by atoms with E-state index < -0.39 is 25.7 Å². The minimum Gasteiger partial charge on any atom is -0.455 e. The maximum atomic E-state index is 12.6. The van der Waals surface area contributed by atoms with Crippen molar-refractivity contribution in [3.8, 4) is 0 Å². The summed E-state index contributed by atoms with van der Waals surface area (Å²) in [5.74, 6) is -0.473. The molecule has 1 atom stereocenters. The summed E-state index contributed by atoms with van der Waals surface area (Å²) >= 11 is 0. The van der Waals surface area contributed by atoms with Crippen molar-refractivity contribution in [1.29, 1.82) is 0 Å². The molecule has 0 fully saturated rings. The van der Waals surface area contributed by atoms with Gasteiger partial charge in [-0.1, -0.05) is 50.0 Å². The van der Waals surface area contributed by atoms with Gasteiger partial charge in [0.05, 0.1) is 13.7 Å². The van der Waals surface area contributed by atoms with Gasteiger partial charge >= 0.3 is 12.1 Å². The Morgan fingerprint density at radius 1 is 1.19 bits per heavy atom. The second-order valence-corrected chi connectivity index (χ2v) is 13.9. The maximum absolute atomic E-state index is 12.6. The van der Waals surface area contributed by atoms with E-state index in [1.165, 1.54) is 5.01 Å². The van der Waals surface area contributed by atoms with Crippen molar-refractivity contribution >= 4 is 25.8 Å². The number of carbonyl (C=O) groups is 2. The first-order chi connectivity index (χ1) is 12.0. The highest BCUT2D eigenvalue weighted by molar-refractivity contribution is 6.78. The number of esters is 1. The minimum atomic E-state index is -1.80. The van der Waals surface area contributed by atoms with Gasteiger partial charge in [-0.15, -0.1) is 0 Å². The molecule has 0 unspecified atom stereocenters. The molecule has 1 heterocycles. The van der Waals surface area contributed by atoms with Crippen molar-refractivity contribution in [1.82, 2.24) is 5.01 Å². The fourth-order valence-electron chi connectivity index (χ4n) is 2.60. The van der Waals surface area contributed by atoms with E-state index in [1.54, 1.807) is 0 Å². The molecule has 7 heteroatoms. The lowest BCUT2D eigenvalue weighted by Gasteiger charge is -2.30. The molecule has 0 radical (unpaired) electrons. The number of rotatable bonds is 4. The van der Waals surface area contributed by atoms with E-state index >= 15 is 0 Å². The van der Waals surface area contributed by atoms with Gasteiger partial charge in [0.1, 0.15) is 17.9 Å². The van der Waals surface area contributed by atoms with E-state index in [1.807, 2.05) is 51.1 Å². The largest absolute Gasteiger partial charge is 0.455 e. The molecule has 142 valence electrons. The normalized spacial score (nSPS) is 17.7. The standard InChI is InChI=1S/C19H28N2O4Si/c1-19(2,3)25-17(22)15-12-16(26(4,5)6)21(20-15)18(23)24-13-14-10-8-7-9-11-14/h7-11,16H,12-13H2,1-6H3/t16-/m1/s1. The van der Waals surface area contributed by atoms with Crippen molar-refractivity contribution < 1.29 is 19.1 Å². The Morgan fingerprint density at radius 2 is 1.81 bits per heavy atom. The number of hydrogen-bond acceptors (Lipinski definition) is 5. The lowest BCUT2D eigenvalue weighted by Crippen LogP contribution is -2.49. The summed E-state index contributed by atoms with van der Waals surface area (Å²) in [7, 11) is -1.80. The molecular formula is C19H28N2O4Si. The Labute approximate surface area is 156 Å². The fraction of sp³-hybridized carbons (Fsp3) is 0.526. The lowest BCUT2D eigenvalue weighted by atomic mass is 10.2. The predicted octanol–water partition coefficient (Wildman–Crippen LogP) is 3.97. The van der Waals surface area contributed by atoms with Gasteiger partial charge in [0.2, 0.25) is 0 Å². The number of ether oxygens (including phenoxy) is 2. The third kappa shape index (κ3) is 5.42. The zero-order chi connectivity index (χ0) is 19.5. The lowest BCUT2D eigenvalue weighted by molar-refractivity contribution is -0.146. The molecule has 1 aromatic carbocycles. The van der Waals surface area contributed by atoms with Crippen LogP contribution in [0.25, 0.3) is 0 Å². The molecule has 1 aliphatic heterocycles. The molecule has 1 aromatic rings. The van der Waals surface area contributed by atoms with Crippen molar-refractivity contribution in [2.75, 3.05) is 0 Å². The Bertz CT molecular complexity index is 690. The van der Waals surface area contributed by atoms with Crippen LogP contribution in [0.3, 0.4) is 0 Å². The summed E-state index contributed by atoms with van der Waals surface area (Å²) in [4.78, 5) is 25.0. The van der Waals surface area contributed by atoms with Gasteiger partial charge < -0.3 is 9.47 Å². The molecule has 6 nitrogen and oxygen atoms in total. The SMILES string of the molecule is CC(C)(C)OC(=O)C1=NN(C(=O)OCc2ccccc2)[C@H]([Si](C)(C)C)C1. The topological polar surface area (TPSA) is 68.2 Å². The van der Waals surface area contributed by atoms with Crippen LogP contribution in [0, 0.1) is 0 Å². The highest BCUT2D eigenvalue weighted by Gasteiger charge is 2.43. The second-order valence-electron chi connectivity index (χ2n) is 8.52. The van der Waals surface area contributed by atoms with Gasteiger partial charge in [0, 0.05) is 6.42 Å². The van der Waals surface area contributed by atoms with Crippen molar-refractivity contribution in [2.45, 2.75) is 64.7 Å². The van der Waals surface area contributed by atoms with E-state index in [9.17, 15) is 9.59 Å². The summed E-state index contributed by atoms with van der Waals surface area (Å²) in [6.45, 7) is 12.0. The van der Waals surface area contributed by atoms with E-state index in [-0.39, 0.29) is 18.0 Å². The number of benzene rings is 1. The van der Waals surface area contributed by atoms with Crippen LogP contribution < -0.4 is 0 Å². The van der Waals surface area contributed by atoms with Gasteiger partial charge in [-0.2, -0.15) is 10.1 Å². The van der Waals surface area contributed by atoms with Gasteiger partial charge in [0.25, 0.3) is 0 Å². The molecule has 0 aliphatic carbocycles. The Balaban J connectivity index is 2.13. The molecule has 0 bridgehead atoms. The molecule has 26 heavy (non-hydrogen) atoms. The molecule has 0 N–H and O–H groups in total. The van der Waals surface area contributed by atoms with Gasteiger partial charge in [-0.3, -0.25) is 0 Å². The van der Waals surface area contributed by atoms with Crippen LogP contribution in [0.2, 0.25) is 19.6 Å². The minimum absolute atomic E-state index is 0.131. The zero-order valence-electron chi connectivity index (χ0n) is 16.4. The molecule has 0 saturated carbocycles. The second kappa shape index (κ2) is 7.61. The van der Waals surface area contributed by atoms with Crippen LogP contribution in [0.1, 0.15) is 32.8 Å². The summed E-state index contributed by atoms with van der Waals surface area (Å²) in [5, 5.41) is 5.61. The predicted molar refractivity (Wildman–Crippen MR) is 103 cm³/mol. The smallest absolute Gasteiger partial charge is 0.430 e. The van der Waals surface area contributed by atoms with Gasteiger partial charge in [0.15, 0.2) is 0 Å². The Kier molecular flexibility index (Phi) is 5.90. The molecular weight excluding hydrogens is 348 g/mol. The van der Waals surface area contributed by atoms with Crippen LogP contribution in [-0.4, -0.2) is 42.1 Å². The number of amides is 1. The molecule has 1 aliphatic rings. The average Bonchev–Trinajstić information content (AvgIpc) is 2.98. The van der Waals surface area contributed by atoms with Crippen LogP contribution in [0.15, 0.2) is 35.4 Å². The molecule has 0 saturated heterocycles. The molecule has 0 spiro atoms. The van der Waals surface area contributed by atoms with E-state index in [0.29, 0.717) is 6.42 Å². The fourth-order valence-corrected chi connectivity index (χ4v) is 4.30. The Morgan fingerprint density at radius 3 is 2.35 bits per heavy atom. The number of nitrogens with zero attached hydrogens (tertiary/aromatic N) is 2. The van der Waals surface area contributed by atoms with Crippen molar-refractivity contribution in [3.63, 3.8) is 0 Å². The van der Waals surface area contributed by atoms with Crippen molar-refractivity contribution in [3.05, 3.63) is 35.9 Å². The first-order valence-electron chi connectivity index (χ1n) is 8.78. The quantitative estimate of drug-likeness (QED) is 0.589. The number of hydrazone groups is 1. The van der Waals surface area contributed by atoms with Crippen LogP contribution in [0.5, 0.6) is 0 Å². The van der Waals surface area contributed by atoms with E-state index in [4.69, 9.17) is 9.47 Å². The Hall–Kier alpha value is -2.15. The van der Waals surface area contributed by atoms with Crippen molar-refractivity contribution in [2.24, 2.45) is 5.10 Å². The number of hydrogen-bond donors (Lipinski definition) is 0. The number of carbonyl (C=O) groups excluding carboxylic acids is 2. The maximum Gasteiger partial charge on any atom is 0.430 e. The van der Waals surface area contributed by atoms with Gasteiger partial charge in [-0.25, -0.2) is 9.59 Å². The van der Waals surface area contributed by atoms with Crippen LogP contribution in [0.4, 0.5) is 4.79 Å². The van der Waals surface area contributed by atoms with Crippen LogP contribution >= 0.6 is 0 Å². The van der Waals surface area contributed by atoms with E-state index in [0.717, 1.165) is 5.56 Å².